The molecule has 1 saturated heterocycles. The summed E-state index contributed by atoms with van der Waals surface area (Å²) in [5, 5.41) is 9.67. The Hall–Kier alpha value is -3.08. The molecule has 0 saturated carbocycles. The Morgan fingerprint density at radius 1 is 1.13 bits per heavy atom. The van der Waals surface area contributed by atoms with Crippen LogP contribution in [-0.4, -0.2) is 60.1 Å². The average molecular weight is 427 g/mol. The summed E-state index contributed by atoms with van der Waals surface area (Å²) in [5.41, 5.74) is 1.66. The fraction of sp³-hybridized carbons (Fsp3) is 0.250. The van der Waals surface area contributed by atoms with Crippen LogP contribution in [0.4, 0.5) is 5.69 Å². The van der Waals surface area contributed by atoms with Crippen molar-refractivity contribution in [1.82, 2.24) is 19.5 Å². The Morgan fingerprint density at radius 3 is 2.53 bits per heavy atom. The van der Waals surface area contributed by atoms with E-state index in [4.69, 9.17) is 4.74 Å². The number of amides is 1. The summed E-state index contributed by atoms with van der Waals surface area (Å²) in [6.45, 7) is 3.15. The number of benzene rings is 2. The van der Waals surface area contributed by atoms with Crippen LogP contribution in [0.25, 0.3) is 11.4 Å². The smallest absolute Gasteiger partial charge is 0.255 e. The highest BCUT2D eigenvalue weighted by Gasteiger charge is 2.26. The minimum absolute atomic E-state index is 0.0902. The van der Waals surface area contributed by atoms with Crippen molar-refractivity contribution in [1.29, 1.82) is 0 Å². The van der Waals surface area contributed by atoms with Crippen molar-refractivity contribution in [2.75, 3.05) is 31.6 Å². The number of carbonyl (C=O) groups is 1. The molecule has 1 amide bonds. The second-order valence-electron chi connectivity index (χ2n) is 6.82. The lowest BCUT2D eigenvalue weighted by molar-refractivity contribution is 0.0730. The molecule has 30 heavy (non-hydrogen) atoms. The first-order valence-electron chi connectivity index (χ1n) is 9.42. The molecule has 2 aromatic carbocycles. The number of nitrogens with zero attached hydrogens (tertiary/aromatic N) is 3. The van der Waals surface area contributed by atoms with E-state index in [2.05, 4.69) is 20.5 Å². The molecule has 1 fully saturated rings. The van der Waals surface area contributed by atoms with E-state index in [0.717, 1.165) is 5.56 Å². The lowest BCUT2D eigenvalue weighted by Gasteiger charge is -2.26. The van der Waals surface area contributed by atoms with Crippen LogP contribution in [0.2, 0.25) is 0 Å². The fourth-order valence-electron chi connectivity index (χ4n) is 3.11. The topological polar surface area (TPSA) is 117 Å². The Bertz CT molecular complexity index is 1150. The van der Waals surface area contributed by atoms with Crippen LogP contribution in [0.15, 0.2) is 53.4 Å². The normalized spacial score (nSPS) is 15.1. The average Bonchev–Trinajstić information content (AvgIpc) is 3.21. The number of carbonyl (C=O) groups excluding carboxylic acids is 1. The minimum Gasteiger partial charge on any atom is -0.379 e. The van der Waals surface area contributed by atoms with E-state index >= 15 is 0 Å². The van der Waals surface area contributed by atoms with Crippen molar-refractivity contribution in [3.8, 4) is 11.4 Å². The molecule has 1 aliphatic heterocycles. The third-order valence-electron chi connectivity index (χ3n) is 4.70. The van der Waals surface area contributed by atoms with Crippen LogP contribution in [0.3, 0.4) is 0 Å². The van der Waals surface area contributed by atoms with Gasteiger partial charge in [0.25, 0.3) is 5.91 Å². The third-order valence-corrected chi connectivity index (χ3v) is 6.60. The summed E-state index contributed by atoms with van der Waals surface area (Å²) >= 11 is 0. The second kappa shape index (κ2) is 8.34. The number of aromatic amines is 1. The molecule has 9 nitrogen and oxygen atoms in total. The molecule has 156 valence electrons. The minimum atomic E-state index is -3.67. The highest BCUT2D eigenvalue weighted by molar-refractivity contribution is 7.89. The number of aryl methyl sites for hydroxylation is 1. The number of hydrogen-bond acceptors (Lipinski definition) is 6. The van der Waals surface area contributed by atoms with Crippen molar-refractivity contribution >= 4 is 21.6 Å². The standard InChI is InChI=1S/C20H21N5O4S/c1-14-21-19(24-23-14)15-5-7-17(8-6-15)22-20(26)16-3-2-4-18(13-16)30(27,28)25-9-11-29-12-10-25/h2-8,13H,9-12H2,1H3,(H,22,26)(H,21,23,24). The molecule has 1 aromatic heterocycles. The van der Waals surface area contributed by atoms with Gasteiger partial charge in [0.2, 0.25) is 10.0 Å². The van der Waals surface area contributed by atoms with E-state index < -0.39 is 15.9 Å². The largest absolute Gasteiger partial charge is 0.379 e. The van der Waals surface area contributed by atoms with Crippen LogP contribution >= 0.6 is 0 Å². The van der Waals surface area contributed by atoms with Crippen LogP contribution < -0.4 is 5.32 Å². The molecule has 0 radical (unpaired) electrons. The third kappa shape index (κ3) is 4.25. The zero-order chi connectivity index (χ0) is 21.1. The summed E-state index contributed by atoms with van der Waals surface area (Å²) in [6, 6.07) is 13.1. The number of sulfonamides is 1. The number of ether oxygens (including phenoxy) is 1. The van der Waals surface area contributed by atoms with E-state index in [9.17, 15) is 13.2 Å². The van der Waals surface area contributed by atoms with E-state index in [1.807, 2.05) is 6.92 Å². The van der Waals surface area contributed by atoms with Gasteiger partial charge in [-0.1, -0.05) is 6.07 Å². The van der Waals surface area contributed by atoms with Gasteiger partial charge in [-0.2, -0.15) is 9.40 Å². The van der Waals surface area contributed by atoms with Crippen LogP contribution in [0.5, 0.6) is 0 Å². The second-order valence-corrected chi connectivity index (χ2v) is 8.76. The number of hydrogen-bond donors (Lipinski definition) is 2. The fourth-order valence-corrected chi connectivity index (χ4v) is 4.57. The van der Waals surface area contributed by atoms with E-state index in [1.165, 1.54) is 16.4 Å². The van der Waals surface area contributed by atoms with Crippen LogP contribution in [-0.2, 0) is 14.8 Å². The van der Waals surface area contributed by atoms with Crippen molar-refractivity contribution in [2.45, 2.75) is 11.8 Å². The van der Waals surface area contributed by atoms with Gasteiger partial charge in [-0.05, 0) is 49.4 Å². The van der Waals surface area contributed by atoms with E-state index in [1.54, 1.807) is 36.4 Å². The molecule has 0 spiro atoms. The Labute approximate surface area is 174 Å². The number of aromatic nitrogens is 3. The maximum atomic E-state index is 12.8. The maximum absolute atomic E-state index is 12.8. The Balaban J connectivity index is 1.49. The number of anilines is 1. The highest BCUT2D eigenvalue weighted by Crippen LogP contribution is 2.21. The van der Waals surface area contributed by atoms with Gasteiger partial charge in [-0.25, -0.2) is 13.4 Å². The molecule has 3 aromatic rings. The highest BCUT2D eigenvalue weighted by atomic mass is 32.2. The summed E-state index contributed by atoms with van der Waals surface area (Å²) in [4.78, 5) is 17.0. The van der Waals surface area contributed by atoms with Crippen molar-refractivity contribution in [3.63, 3.8) is 0 Å². The molecule has 0 aliphatic carbocycles. The molecule has 1 aliphatic rings. The van der Waals surface area contributed by atoms with Gasteiger partial charge in [0.15, 0.2) is 5.82 Å². The lowest BCUT2D eigenvalue weighted by Crippen LogP contribution is -2.40. The van der Waals surface area contributed by atoms with Gasteiger partial charge < -0.3 is 10.1 Å². The first-order chi connectivity index (χ1) is 14.4. The van der Waals surface area contributed by atoms with Crippen LogP contribution in [0.1, 0.15) is 16.2 Å². The Morgan fingerprint density at radius 2 is 1.87 bits per heavy atom. The molecular formula is C20H21N5O4S. The number of nitrogens with one attached hydrogen (secondary N) is 2. The number of morpholine rings is 1. The van der Waals surface area contributed by atoms with Crippen molar-refractivity contribution in [2.24, 2.45) is 0 Å². The van der Waals surface area contributed by atoms with Gasteiger partial charge >= 0.3 is 0 Å². The predicted molar refractivity (Wildman–Crippen MR) is 111 cm³/mol. The quantitative estimate of drug-likeness (QED) is 0.644. The first-order valence-corrected chi connectivity index (χ1v) is 10.9. The monoisotopic (exact) mass is 427 g/mol. The van der Waals surface area contributed by atoms with Crippen LogP contribution in [0, 0.1) is 6.92 Å². The maximum Gasteiger partial charge on any atom is 0.255 e. The summed E-state index contributed by atoms with van der Waals surface area (Å²) in [7, 11) is -3.67. The van der Waals surface area contributed by atoms with E-state index in [-0.39, 0.29) is 10.5 Å². The molecule has 0 bridgehead atoms. The van der Waals surface area contributed by atoms with Crippen molar-refractivity contribution < 1.29 is 17.9 Å². The molecule has 2 N–H and O–H groups in total. The predicted octanol–water partition coefficient (Wildman–Crippen LogP) is 2.05. The molecular weight excluding hydrogens is 406 g/mol. The zero-order valence-corrected chi connectivity index (χ0v) is 17.1. The first kappa shape index (κ1) is 20.2. The van der Waals surface area contributed by atoms with E-state index in [0.29, 0.717) is 43.6 Å². The van der Waals surface area contributed by atoms with Gasteiger partial charge in [0.05, 0.1) is 18.1 Å². The van der Waals surface area contributed by atoms with Gasteiger partial charge in [-0.3, -0.25) is 9.89 Å². The summed E-state index contributed by atoms with van der Waals surface area (Å²) in [5.74, 6) is 0.899. The number of H-pyrrole nitrogens is 1. The number of rotatable bonds is 5. The van der Waals surface area contributed by atoms with Crippen molar-refractivity contribution in [3.05, 3.63) is 59.9 Å². The molecule has 10 heteroatoms. The summed E-state index contributed by atoms with van der Waals surface area (Å²) < 4.78 is 32.2. The molecule has 2 heterocycles. The Kier molecular flexibility index (Phi) is 5.62. The summed E-state index contributed by atoms with van der Waals surface area (Å²) in [6.07, 6.45) is 0. The van der Waals surface area contributed by atoms with Gasteiger partial charge in [0, 0.05) is 29.9 Å². The van der Waals surface area contributed by atoms with Gasteiger partial charge in [0.1, 0.15) is 5.82 Å². The molecule has 0 atom stereocenters. The molecule has 4 rings (SSSR count). The zero-order valence-electron chi connectivity index (χ0n) is 16.3. The SMILES string of the molecule is Cc1nc(-c2ccc(NC(=O)c3cccc(S(=O)(=O)N4CCOCC4)c3)cc2)n[nH]1. The molecule has 0 unspecified atom stereocenters. The van der Waals surface area contributed by atoms with Gasteiger partial charge in [-0.15, -0.1) is 0 Å². The lowest BCUT2D eigenvalue weighted by atomic mass is 10.1.